The van der Waals surface area contributed by atoms with Gasteiger partial charge < -0.3 is 4.90 Å². The number of thiophene rings is 1. The Bertz CT molecular complexity index is 670. The summed E-state index contributed by atoms with van der Waals surface area (Å²) in [6.45, 7) is 1.16. The van der Waals surface area contributed by atoms with Crippen molar-refractivity contribution in [2.24, 2.45) is 4.99 Å². The average molecular weight is 414 g/mol. The van der Waals surface area contributed by atoms with Crippen LogP contribution in [0, 0.1) is 0 Å². The fraction of sp³-hybridized carbons (Fsp3) is 0.294. The van der Waals surface area contributed by atoms with Gasteiger partial charge in [-0.15, -0.1) is 28.3 Å². The largest absolute Gasteiger partial charge is 0.322 e. The number of hydrogen-bond donors (Lipinski definition) is 0. The van der Waals surface area contributed by atoms with Crippen molar-refractivity contribution in [2.45, 2.75) is 19.3 Å². The molecule has 0 radical (unpaired) electrons. The zero-order valence-corrected chi connectivity index (χ0v) is 15.9. The molecule has 122 valence electrons. The highest BCUT2D eigenvalue weighted by molar-refractivity contribution is 8.93. The van der Waals surface area contributed by atoms with E-state index >= 15 is 0 Å². The summed E-state index contributed by atoms with van der Waals surface area (Å²) in [4.78, 5) is 19.9. The number of ketones is 1. The number of aliphatic imine (C=N–C) groups is 1. The van der Waals surface area contributed by atoms with Gasteiger partial charge in [0.1, 0.15) is 5.84 Å². The van der Waals surface area contributed by atoms with Gasteiger partial charge in [0.15, 0.2) is 5.78 Å². The highest BCUT2D eigenvalue weighted by atomic mass is 79.9. The Morgan fingerprint density at radius 2 is 2.00 bits per heavy atom. The molecule has 0 N–H and O–H groups in total. The van der Waals surface area contributed by atoms with Gasteiger partial charge in [0.2, 0.25) is 0 Å². The highest BCUT2D eigenvalue weighted by Crippen LogP contribution is 2.22. The highest BCUT2D eigenvalue weighted by Gasteiger charge is 2.20. The molecular weight excluding hydrogens is 396 g/mol. The first-order chi connectivity index (χ1) is 10.7. The van der Waals surface area contributed by atoms with E-state index in [-0.39, 0.29) is 22.8 Å². The van der Waals surface area contributed by atoms with Crippen LogP contribution in [-0.4, -0.2) is 24.7 Å². The van der Waals surface area contributed by atoms with Crippen molar-refractivity contribution in [1.29, 1.82) is 0 Å². The summed E-state index contributed by atoms with van der Waals surface area (Å²) in [6, 6.07) is 11.4. The zero-order valence-electron chi connectivity index (χ0n) is 12.6. The molecule has 1 aliphatic rings. The van der Waals surface area contributed by atoms with Crippen LogP contribution >= 0.6 is 39.9 Å². The fourth-order valence-corrected chi connectivity index (χ4v) is 3.30. The molecule has 0 saturated heterocycles. The van der Waals surface area contributed by atoms with E-state index in [2.05, 4.69) is 4.99 Å². The summed E-state index contributed by atoms with van der Waals surface area (Å²) in [5, 5.41) is 2.62. The Hall–Kier alpha value is -1.17. The van der Waals surface area contributed by atoms with Crippen LogP contribution in [0.5, 0.6) is 0 Å². The fourth-order valence-electron chi connectivity index (χ4n) is 2.51. The summed E-state index contributed by atoms with van der Waals surface area (Å²) in [6.07, 6.45) is 3.16. The van der Waals surface area contributed by atoms with Crippen LogP contribution in [-0.2, 0) is 0 Å². The number of carbonyl (C=O) groups excluding carboxylic acids is 1. The van der Waals surface area contributed by atoms with Gasteiger partial charge in [-0.2, -0.15) is 0 Å². The van der Waals surface area contributed by atoms with E-state index in [1.165, 1.54) is 11.3 Å². The minimum Gasteiger partial charge on any atom is -0.322 e. The molecule has 0 fully saturated rings. The number of carbonyl (C=O) groups is 1. The number of anilines is 1. The predicted molar refractivity (Wildman–Crippen MR) is 104 cm³/mol. The molecule has 0 spiro atoms. The maximum Gasteiger partial charge on any atom is 0.192 e. The standard InChI is InChI=1S/C17H17ClN2OS.BrH/c18-13-6-8-14(9-7-13)20(17-5-1-2-10-19-17)12-15(21)16-4-3-11-22-16;/h3-4,6-9,11H,1-2,5,10,12H2;1H. The zero-order chi connectivity index (χ0) is 15.4. The third-order valence-electron chi connectivity index (χ3n) is 3.65. The van der Waals surface area contributed by atoms with Gasteiger partial charge in [-0.25, -0.2) is 0 Å². The molecule has 1 aromatic carbocycles. The van der Waals surface area contributed by atoms with Crippen LogP contribution in [0.1, 0.15) is 28.9 Å². The second-order valence-electron chi connectivity index (χ2n) is 5.22. The second-order valence-corrected chi connectivity index (χ2v) is 6.60. The average Bonchev–Trinajstić information content (AvgIpc) is 3.09. The topological polar surface area (TPSA) is 32.7 Å². The Morgan fingerprint density at radius 1 is 1.22 bits per heavy atom. The Labute approximate surface area is 155 Å². The van der Waals surface area contributed by atoms with Gasteiger partial charge in [0.25, 0.3) is 0 Å². The van der Waals surface area contributed by atoms with Crippen LogP contribution in [0.25, 0.3) is 0 Å². The summed E-state index contributed by atoms with van der Waals surface area (Å²) >= 11 is 7.46. The molecule has 1 aliphatic heterocycles. The van der Waals surface area contributed by atoms with Gasteiger partial charge in [0.05, 0.1) is 11.4 Å². The monoisotopic (exact) mass is 412 g/mol. The minimum atomic E-state index is 0. The van der Waals surface area contributed by atoms with Crippen LogP contribution in [0.3, 0.4) is 0 Å². The molecule has 2 aromatic rings. The predicted octanol–water partition coefficient (Wildman–Crippen LogP) is 5.25. The molecule has 0 bridgehead atoms. The molecule has 2 heterocycles. The number of rotatable bonds is 4. The molecule has 0 aliphatic carbocycles. The number of amidine groups is 1. The third-order valence-corrected chi connectivity index (χ3v) is 4.81. The van der Waals surface area contributed by atoms with E-state index in [4.69, 9.17) is 11.6 Å². The summed E-state index contributed by atoms with van der Waals surface area (Å²) < 4.78 is 0. The summed E-state index contributed by atoms with van der Waals surface area (Å²) in [5.74, 6) is 1.12. The van der Waals surface area contributed by atoms with Crippen molar-refractivity contribution >= 4 is 57.2 Å². The van der Waals surface area contributed by atoms with Crippen LogP contribution in [0.2, 0.25) is 5.02 Å². The third kappa shape index (κ3) is 4.66. The van der Waals surface area contributed by atoms with E-state index in [1.54, 1.807) is 0 Å². The minimum absolute atomic E-state index is 0. The lowest BCUT2D eigenvalue weighted by Gasteiger charge is -2.27. The van der Waals surface area contributed by atoms with Crippen LogP contribution < -0.4 is 4.90 Å². The molecule has 1 aromatic heterocycles. The number of benzene rings is 1. The summed E-state index contributed by atoms with van der Waals surface area (Å²) in [7, 11) is 0. The first-order valence-corrected chi connectivity index (χ1v) is 8.63. The first-order valence-electron chi connectivity index (χ1n) is 7.37. The molecule has 0 amide bonds. The SMILES string of the molecule is Br.O=C(CN(C1=NCCCC1)c1ccc(Cl)cc1)c1cccs1. The quantitative estimate of drug-likeness (QED) is 0.641. The van der Waals surface area contributed by atoms with Crippen molar-refractivity contribution < 1.29 is 4.79 Å². The molecule has 3 nitrogen and oxygen atoms in total. The normalized spacial score (nSPS) is 13.9. The van der Waals surface area contributed by atoms with Crippen molar-refractivity contribution in [2.75, 3.05) is 18.0 Å². The van der Waals surface area contributed by atoms with Gasteiger partial charge in [0, 0.05) is 23.7 Å². The van der Waals surface area contributed by atoms with E-state index < -0.39 is 0 Å². The molecular formula is C17H18BrClN2OS. The summed E-state index contributed by atoms with van der Waals surface area (Å²) in [5.41, 5.74) is 0.968. The van der Waals surface area contributed by atoms with E-state index in [1.807, 2.05) is 46.7 Å². The second kappa shape index (κ2) is 8.62. The van der Waals surface area contributed by atoms with Crippen molar-refractivity contribution in [1.82, 2.24) is 0 Å². The van der Waals surface area contributed by atoms with Crippen molar-refractivity contribution in [3.05, 3.63) is 51.7 Å². The van der Waals surface area contributed by atoms with Crippen LogP contribution in [0.15, 0.2) is 46.8 Å². The lowest BCUT2D eigenvalue weighted by molar-refractivity contribution is 0.101. The molecule has 0 unspecified atom stereocenters. The molecule has 0 saturated carbocycles. The molecule has 23 heavy (non-hydrogen) atoms. The molecule has 6 heteroatoms. The number of hydrogen-bond acceptors (Lipinski definition) is 4. The van der Waals surface area contributed by atoms with Gasteiger partial charge in [-0.1, -0.05) is 17.7 Å². The Balaban J connectivity index is 0.00000192. The number of nitrogens with zero attached hydrogens (tertiary/aromatic N) is 2. The molecule has 0 atom stereocenters. The lowest BCUT2D eigenvalue weighted by atomic mass is 10.1. The Morgan fingerprint density at radius 3 is 2.61 bits per heavy atom. The van der Waals surface area contributed by atoms with Gasteiger partial charge in [-0.3, -0.25) is 9.79 Å². The van der Waals surface area contributed by atoms with Crippen LogP contribution in [0.4, 0.5) is 5.69 Å². The van der Waals surface area contributed by atoms with Crippen molar-refractivity contribution in [3.8, 4) is 0 Å². The van der Waals surface area contributed by atoms with Gasteiger partial charge in [-0.05, 0) is 48.6 Å². The lowest BCUT2D eigenvalue weighted by Crippen LogP contribution is -2.36. The smallest absolute Gasteiger partial charge is 0.192 e. The van der Waals surface area contributed by atoms with E-state index in [0.717, 1.165) is 42.2 Å². The van der Waals surface area contributed by atoms with E-state index in [9.17, 15) is 4.79 Å². The number of Topliss-reactive ketones (excluding diaryl/α,β-unsaturated/α-hetero) is 1. The maximum atomic E-state index is 12.5. The first kappa shape index (κ1) is 18.2. The Kier molecular flexibility index (Phi) is 6.81. The maximum absolute atomic E-state index is 12.5. The van der Waals surface area contributed by atoms with E-state index in [0.29, 0.717) is 11.6 Å². The van der Waals surface area contributed by atoms with Gasteiger partial charge >= 0.3 is 0 Å². The number of halogens is 2. The molecule has 3 rings (SSSR count). The van der Waals surface area contributed by atoms with Crippen molar-refractivity contribution in [3.63, 3.8) is 0 Å².